The van der Waals surface area contributed by atoms with Gasteiger partial charge in [-0.25, -0.2) is 4.98 Å². The number of piperazine rings is 1. The van der Waals surface area contributed by atoms with Crippen molar-refractivity contribution in [3.05, 3.63) is 11.1 Å². The fraction of sp³-hybridized carbons (Fsp3) is 0.556. The van der Waals surface area contributed by atoms with Gasteiger partial charge in [-0.15, -0.1) is 11.3 Å². The number of anilines is 1. The normalized spacial score (nSPS) is 18.1. The highest BCUT2D eigenvalue weighted by Gasteiger charge is 2.21. The van der Waals surface area contributed by atoms with E-state index in [-0.39, 0.29) is 5.91 Å². The Bertz CT molecular complexity index is 357. The van der Waals surface area contributed by atoms with Crippen LogP contribution in [0.25, 0.3) is 0 Å². The summed E-state index contributed by atoms with van der Waals surface area (Å²) in [5.41, 5.74) is 5.97. The molecule has 82 valence electrons. The van der Waals surface area contributed by atoms with Crippen molar-refractivity contribution >= 4 is 22.4 Å². The van der Waals surface area contributed by atoms with Crippen LogP contribution in [0.1, 0.15) is 10.5 Å². The van der Waals surface area contributed by atoms with Crippen molar-refractivity contribution in [3.8, 4) is 0 Å². The lowest BCUT2D eigenvalue weighted by Crippen LogP contribution is -2.47. The molecule has 15 heavy (non-hydrogen) atoms. The highest BCUT2D eigenvalue weighted by molar-refractivity contribution is 7.13. The predicted octanol–water partition coefficient (Wildman–Crippen LogP) is 0.113. The first kappa shape index (κ1) is 10.4. The second-order valence-electron chi connectivity index (χ2n) is 3.67. The van der Waals surface area contributed by atoms with Crippen molar-refractivity contribution in [2.75, 3.05) is 39.0 Å². The number of carbonyl (C=O) groups excluding carboxylic acids is 1. The Balaban J connectivity index is 2.02. The molecule has 1 aliphatic rings. The predicted molar refractivity (Wildman–Crippen MR) is 59.9 cm³/mol. The van der Waals surface area contributed by atoms with Gasteiger partial charge in [0.15, 0.2) is 5.13 Å². The third-order valence-corrected chi connectivity index (χ3v) is 3.21. The number of thiazole rings is 1. The minimum absolute atomic E-state index is 0.00366. The van der Waals surface area contributed by atoms with Gasteiger partial charge in [0.1, 0.15) is 5.69 Å². The summed E-state index contributed by atoms with van der Waals surface area (Å²) < 4.78 is 0. The molecular weight excluding hydrogens is 212 g/mol. The van der Waals surface area contributed by atoms with Gasteiger partial charge < -0.3 is 15.5 Å². The van der Waals surface area contributed by atoms with E-state index in [0.29, 0.717) is 10.8 Å². The lowest BCUT2D eigenvalue weighted by atomic mass is 10.3. The summed E-state index contributed by atoms with van der Waals surface area (Å²) in [7, 11) is 2.06. The number of carbonyl (C=O) groups is 1. The number of nitrogens with two attached hydrogens (primary N) is 1. The zero-order valence-corrected chi connectivity index (χ0v) is 9.46. The van der Waals surface area contributed by atoms with Gasteiger partial charge in [0.25, 0.3) is 5.91 Å². The van der Waals surface area contributed by atoms with Crippen LogP contribution in [0.2, 0.25) is 0 Å². The molecule has 2 rings (SSSR count). The van der Waals surface area contributed by atoms with Crippen LogP contribution in [0.4, 0.5) is 5.13 Å². The van der Waals surface area contributed by atoms with E-state index in [1.54, 1.807) is 5.38 Å². The smallest absolute Gasteiger partial charge is 0.273 e. The third-order valence-electron chi connectivity index (χ3n) is 2.53. The van der Waals surface area contributed by atoms with E-state index in [4.69, 9.17) is 5.73 Å². The maximum atomic E-state index is 11.9. The first-order valence-corrected chi connectivity index (χ1v) is 5.73. The monoisotopic (exact) mass is 226 g/mol. The Kier molecular flexibility index (Phi) is 2.88. The van der Waals surface area contributed by atoms with Gasteiger partial charge in [-0.05, 0) is 7.05 Å². The van der Waals surface area contributed by atoms with Crippen LogP contribution in [0.15, 0.2) is 5.38 Å². The molecule has 1 amide bonds. The minimum atomic E-state index is -0.00366. The Morgan fingerprint density at radius 3 is 2.67 bits per heavy atom. The number of likely N-dealkylation sites (N-methyl/N-ethyl adjacent to an activating group) is 1. The van der Waals surface area contributed by atoms with Crippen LogP contribution in [-0.2, 0) is 0 Å². The number of rotatable bonds is 1. The zero-order chi connectivity index (χ0) is 10.8. The molecule has 1 fully saturated rings. The average Bonchev–Trinajstić information content (AvgIpc) is 2.65. The molecule has 0 saturated carbocycles. The maximum absolute atomic E-state index is 11.9. The zero-order valence-electron chi connectivity index (χ0n) is 8.64. The van der Waals surface area contributed by atoms with Crippen molar-refractivity contribution < 1.29 is 4.79 Å². The Morgan fingerprint density at radius 1 is 1.47 bits per heavy atom. The fourth-order valence-electron chi connectivity index (χ4n) is 1.56. The molecule has 1 aliphatic heterocycles. The van der Waals surface area contributed by atoms with E-state index < -0.39 is 0 Å². The molecule has 0 atom stereocenters. The molecule has 0 spiro atoms. The highest BCUT2D eigenvalue weighted by Crippen LogP contribution is 2.13. The quantitative estimate of drug-likeness (QED) is 0.738. The molecule has 0 radical (unpaired) electrons. The van der Waals surface area contributed by atoms with E-state index in [2.05, 4.69) is 16.9 Å². The molecule has 0 aromatic carbocycles. The Hall–Kier alpha value is -1.14. The van der Waals surface area contributed by atoms with Gasteiger partial charge in [-0.2, -0.15) is 0 Å². The number of nitrogens with zero attached hydrogens (tertiary/aromatic N) is 3. The van der Waals surface area contributed by atoms with Crippen molar-refractivity contribution in [1.29, 1.82) is 0 Å². The van der Waals surface area contributed by atoms with Gasteiger partial charge in [0.05, 0.1) is 0 Å². The molecule has 6 heteroatoms. The van der Waals surface area contributed by atoms with Crippen molar-refractivity contribution in [1.82, 2.24) is 14.8 Å². The largest absolute Gasteiger partial charge is 0.375 e. The summed E-state index contributed by atoms with van der Waals surface area (Å²) in [4.78, 5) is 19.9. The Morgan fingerprint density at radius 2 is 2.13 bits per heavy atom. The molecule has 1 aromatic rings. The molecular formula is C9H14N4OS. The Labute approximate surface area is 92.5 Å². The minimum Gasteiger partial charge on any atom is -0.375 e. The van der Waals surface area contributed by atoms with Crippen LogP contribution in [0.3, 0.4) is 0 Å². The number of amides is 1. The maximum Gasteiger partial charge on any atom is 0.273 e. The first-order valence-electron chi connectivity index (χ1n) is 4.85. The standard InChI is InChI=1S/C9H14N4OS/c1-12-2-4-13(5-3-12)8(14)7-6-15-9(10)11-7/h6H,2-5H2,1H3,(H2,10,11). The number of hydrogen-bond donors (Lipinski definition) is 1. The van der Waals surface area contributed by atoms with E-state index in [0.717, 1.165) is 26.2 Å². The van der Waals surface area contributed by atoms with Crippen LogP contribution in [-0.4, -0.2) is 53.9 Å². The van der Waals surface area contributed by atoms with Crippen molar-refractivity contribution in [3.63, 3.8) is 0 Å². The topological polar surface area (TPSA) is 62.5 Å². The van der Waals surface area contributed by atoms with Crippen LogP contribution >= 0.6 is 11.3 Å². The van der Waals surface area contributed by atoms with E-state index in [1.165, 1.54) is 11.3 Å². The molecule has 0 aliphatic carbocycles. The van der Waals surface area contributed by atoms with Crippen LogP contribution < -0.4 is 5.73 Å². The van der Waals surface area contributed by atoms with Gasteiger partial charge in [-0.1, -0.05) is 0 Å². The molecule has 0 unspecified atom stereocenters. The molecule has 1 saturated heterocycles. The number of hydrogen-bond acceptors (Lipinski definition) is 5. The van der Waals surface area contributed by atoms with Gasteiger partial charge in [0, 0.05) is 31.6 Å². The summed E-state index contributed by atoms with van der Waals surface area (Å²) in [6.45, 7) is 3.39. The number of nitrogen functional groups attached to an aromatic ring is 1. The number of aromatic nitrogens is 1. The lowest BCUT2D eigenvalue weighted by Gasteiger charge is -2.31. The van der Waals surface area contributed by atoms with Gasteiger partial charge in [0.2, 0.25) is 0 Å². The van der Waals surface area contributed by atoms with Crippen molar-refractivity contribution in [2.24, 2.45) is 0 Å². The summed E-state index contributed by atoms with van der Waals surface area (Å²) in [6.07, 6.45) is 0. The summed E-state index contributed by atoms with van der Waals surface area (Å²) in [6, 6.07) is 0. The average molecular weight is 226 g/mol. The van der Waals surface area contributed by atoms with Crippen molar-refractivity contribution in [2.45, 2.75) is 0 Å². The molecule has 0 bridgehead atoms. The van der Waals surface area contributed by atoms with Gasteiger partial charge in [-0.3, -0.25) is 4.79 Å². The van der Waals surface area contributed by atoms with Gasteiger partial charge >= 0.3 is 0 Å². The van der Waals surface area contributed by atoms with E-state index in [1.807, 2.05) is 4.90 Å². The lowest BCUT2D eigenvalue weighted by molar-refractivity contribution is 0.0659. The molecule has 1 aromatic heterocycles. The molecule has 2 heterocycles. The molecule has 5 nitrogen and oxygen atoms in total. The summed E-state index contributed by atoms with van der Waals surface area (Å²) in [5.74, 6) is -0.00366. The van der Waals surface area contributed by atoms with Crippen LogP contribution in [0.5, 0.6) is 0 Å². The second-order valence-corrected chi connectivity index (χ2v) is 4.56. The third kappa shape index (κ3) is 2.27. The SMILES string of the molecule is CN1CCN(C(=O)c2csc(N)n2)CC1. The van der Waals surface area contributed by atoms with Crippen LogP contribution in [0, 0.1) is 0 Å². The first-order chi connectivity index (χ1) is 7.16. The summed E-state index contributed by atoms with van der Waals surface area (Å²) >= 11 is 1.31. The molecule has 2 N–H and O–H groups in total. The fourth-order valence-corrected chi connectivity index (χ4v) is 2.09. The van der Waals surface area contributed by atoms with E-state index in [9.17, 15) is 4.79 Å². The van der Waals surface area contributed by atoms with E-state index >= 15 is 0 Å². The highest BCUT2D eigenvalue weighted by atomic mass is 32.1. The second kappa shape index (κ2) is 4.16. The summed E-state index contributed by atoms with van der Waals surface area (Å²) in [5, 5.41) is 2.17.